The number of hydrogen-bond acceptors (Lipinski definition) is 3. The van der Waals surface area contributed by atoms with Crippen molar-refractivity contribution in [1.29, 1.82) is 0 Å². The van der Waals surface area contributed by atoms with Crippen molar-refractivity contribution in [3.8, 4) is 5.69 Å². The second kappa shape index (κ2) is 2.85. The van der Waals surface area contributed by atoms with Gasteiger partial charge in [-0.15, -0.1) is 0 Å². The van der Waals surface area contributed by atoms with Gasteiger partial charge in [-0.1, -0.05) is 0 Å². The molecule has 0 radical (unpaired) electrons. The zero-order valence-corrected chi connectivity index (χ0v) is 7.06. The summed E-state index contributed by atoms with van der Waals surface area (Å²) in [6, 6.07) is 3.66. The Bertz CT molecular complexity index is 453. The molecule has 0 saturated carbocycles. The summed E-state index contributed by atoms with van der Waals surface area (Å²) in [6.45, 7) is 1.89. The number of nitrogens with one attached hydrogen (secondary N) is 1. The van der Waals surface area contributed by atoms with E-state index in [1.54, 1.807) is 6.20 Å². The molecule has 0 bridgehead atoms. The fraction of sp³-hybridized carbons (Fsp3) is 0.125. The Hall–Kier alpha value is -1.91. The second-order valence-corrected chi connectivity index (χ2v) is 2.69. The van der Waals surface area contributed by atoms with E-state index >= 15 is 0 Å². The first-order valence-corrected chi connectivity index (χ1v) is 3.82. The van der Waals surface area contributed by atoms with E-state index in [0.29, 0.717) is 5.69 Å². The van der Waals surface area contributed by atoms with Gasteiger partial charge in [-0.3, -0.25) is 4.98 Å². The molecule has 0 aliphatic heterocycles. The number of aromatic nitrogens is 4. The summed E-state index contributed by atoms with van der Waals surface area (Å²) in [5.41, 5.74) is 1.37. The van der Waals surface area contributed by atoms with Crippen molar-refractivity contribution in [2.45, 2.75) is 6.92 Å². The van der Waals surface area contributed by atoms with E-state index < -0.39 is 0 Å². The van der Waals surface area contributed by atoms with Crippen molar-refractivity contribution in [1.82, 2.24) is 19.7 Å². The van der Waals surface area contributed by atoms with Crippen molar-refractivity contribution in [3.63, 3.8) is 0 Å². The SMILES string of the molecule is Cc1ccc(-n2cn[nH]c2=O)cn1. The van der Waals surface area contributed by atoms with Gasteiger partial charge in [0.2, 0.25) is 0 Å². The van der Waals surface area contributed by atoms with Crippen LogP contribution in [0.1, 0.15) is 5.69 Å². The first-order chi connectivity index (χ1) is 6.27. The van der Waals surface area contributed by atoms with Crippen LogP contribution in [0.2, 0.25) is 0 Å². The maximum absolute atomic E-state index is 11.1. The van der Waals surface area contributed by atoms with Gasteiger partial charge < -0.3 is 0 Å². The van der Waals surface area contributed by atoms with E-state index in [1.165, 1.54) is 10.9 Å². The lowest BCUT2D eigenvalue weighted by atomic mass is 10.3. The van der Waals surface area contributed by atoms with Crippen LogP contribution in [-0.4, -0.2) is 19.7 Å². The molecule has 2 heterocycles. The number of nitrogens with zero attached hydrogens (tertiary/aromatic N) is 3. The predicted octanol–water partition coefficient (Wildman–Crippen LogP) is 0.264. The molecule has 0 unspecified atom stereocenters. The average molecular weight is 176 g/mol. The zero-order chi connectivity index (χ0) is 9.26. The van der Waals surface area contributed by atoms with Crippen molar-refractivity contribution >= 4 is 0 Å². The Morgan fingerprint density at radius 1 is 1.46 bits per heavy atom. The van der Waals surface area contributed by atoms with Gasteiger partial charge >= 0.3 is 5.69 Å². The molecule has 0 aliphatic rings. The van der Waals surface area contributed by atoms with Crippen molar-refractivity contribution in [3.05, 3.63) is 40.8 Å². The Morgan fingerprint density at radius 2 is 2.31 bits per heavy atom. The maximum atomic E-state index is 11.1. The van der Waals surface area contributed by atoms with Crippen LogP contribution in [0, 0.1) is 6.92 Å². The average Bonchev–Trinajstić information content (AvgIpc) is 2.53. The standard InChI is InChI=1S/C8H8N4O/c1-6-2-3-7(4-9-6)12-5-10-11-8(12)13/h2-5H,1H3,(H,11,13). The summed E-state index contributed by atoms with van der Waals surface area (Å²) in [4.78, 5) is 15.2. The molecule has 2 aromatic rings. The number of hydrogen-bond donors (Lipinski definition) is 1. The number of pyridine rings is 1. The lowest BCUT2D eigenvalue weighted by Crippen LogP contribution is -2.14. The minimum absolute atomic E-state index is 0.259. The number of rotatable bonds is 1. The van der Waals surface area contributed by atoms with E-state index in [4.69, 9.17) is 0 Å². The normalized spacial score (nSPS) is 10.2. The van der Waals surface area contributed by atoms with Crippen LogP contribution < -0.4 is 5.69 Å². The molecule has 0 amide bonds. The molecule has 5 nitrogen and oxygen atoms in total. The van der Waals surface area contributed by atoms with Crippen LogP contribution in [0.25, 0.3) is 5.69 Å². The molecule has 0 aromatic carbocycles. The molecule has 2 aromatic heterocycles. The molecular formula is C8H8N4O. The first-order valence-electron chi connectivity index (χ1n) is 3.82. The van der Waals surface area contributed by atoms with Crippen LogP contribution in [0.5, 0.6) is 0 Å². The fourth-order valence-corrected chi connectivity index (χ4v) is 1.03. The van der Waals surface area contributed by atoms with E-state index in [9.17, 15) is 4.79 Å². The molecule has 1 N–H and O–H groups in total. The minimum Gasteiger partial charge on any atom is -0.259 e. The molecule has 0 spiro atoms. The molecule has 0 saturated heterocycles. The van der Waals surface area contributed by atoms with Crippen molar-refractivity contribution < 1.29 is 0 Å². The number of aryl methyl sites for hydroxylation is 1. The van der Waals surface area contributed by atoms with Gasteiger partial charge in [-0.05, 0) is 19.1 Å². The number of H-pyrrole nitrogens is 1. The summed E-state index contributed by atoms with van der Waals surface area (Å²) in [7, 11) is 0. The Kier molecular flexibility index (Phi) is 1.70. The minimum atomic E-state index is -0.259. The molecule has 0 fully saturated rings. The lowest BCUT2D eigenvalue weighted by Gasteiger charge is -1.98. The lowest BCUT2D eigenvalue weighted by molar-refractivity contribution is 0.968. The van der Waals surface area contributed by atoms with Gasteiger partial charge in [0.05, 0.1) is 11.9 Å². The molecule has 2 rings (SSSR count). The summed E-state index contributed by atoms with van der Waals surface area (Å²) in [6.07, 6.45) is 3.06. The molecule has 0 aliphatic carbocycles. The molecule has 5 heteroatoms. The Labute approximate surface area is 74.1 Å². The van der Waals surface area contributed by atoms with Crippen molar-refractivity contribution in [2.24, 2.45) is 0 Å². The highest BCUT2D eigenvalue weighted by molar-refractivity contribution is 5.28. The smallest absolute Gasteiger partial charge is 0.259 e. The molecule has 13 heavy (non-hydrogen) atoms. The van der Waals surface area contributed by atoms with Crippen LogP contribution in [0.15, 0.2) is 29.5 Å². The van der Waals surface area contributed by atoms with E-state index in [2.05, 4.69) is 15.2 Å². The third-order valence-corrected chi connectivity index (χ3v) is 1.73. The first kappa shape index (κ1) is 7.72. The summed E-state index contributed by atoms with van der Waals surface area (Å²) in [5, 5.41) is 5.93. The third-order valence-electron chi connectivity index (χ3n) is 1.73. The second-order valence-electron chi connectivity index (χ2n) is 2.69. The van der Waals surface area contributed by atoms with E-state index in [0.717, 1.165) is 5.69 Å². The van der Waals surface area contributed by atoms with Crippen LogP contribution >= 0.6 is 0 Å². The molecular weight excluding hydrogens is 168 g/mol. The predicted molar refractivity (Wildman–Crippen MR) is 46.7 cm³/mol. The monoisotopic (exact) mass is 176 g/mol. The van der Waals surface area contributed by atoms with Gasteiger partial charge in [0.25, 0.3) is 0 Å². The number of aromatic amines is 1. The van der Waals surface area contributed by atoms with Gasteiger partial charge in [0, 0.05) is 5.69 Å². The van der Waals surface area contributed by atoms with Crippen LogP contribution in [0.3, 0.4) is 0 Å². The maximum Gasteiger partial charge on any atom is 0.347 e. The summed E-state index contributed by atoms with van der Waals surface area (Å²) in [5.74, 6) is 0. The quantitative estimate of drug-likeness (QED) is 0.678. The van der Waals surface area contributed by atoms with Crippen LogP contribution in [0.4, 0.5) is 0 Å². The van der Waals surface area contributed by atoms with Gasteiger partial charge in [0.1, 0.15) is 6.33 Å². The van der Waals surface area contributed by atoms with E-state index in [-0.39, 0.29) is 5.69 Å². The summed E-state index contributed by atoms with van der Waals surface area (Å²) >= 11 is 0. The van der Waals surface area contributed by atoms with Gasteiger partial charge in [-0.2, -0.15) is 5.10 Å². The van der Waals surface area contributed by atoms with E-state index in [1.807, 2.05) is 19.1 Å². The highest BCUT2D eigenvalue weighted by Crippen LogP contribution is 2.01. The highest BCUT2D eigenvalue weighted by Gasteiger charge is 1.99. The van der Waals surface area contributed by atoms with Gasteiger partial charge in [-0.25, -0.2) is 14.5 Å². The molecule has 66 valence electrons. The molecule has 0 atom stereocenters. The highest BCUT2D eigenvalue weighted by atomic mass is 16.1. The Morgan fingerprint density at radius 3 is 2.85 bits per heavy atom. The zero-order valence-electron chi connectivity index (χ0n) is 7.06. The fourth-order valence-electron chi connectivity index (χ4n) is 1.03. The third kappa shape index (κ3) is 1.35. The summed E-state index contributed by atoms with van der Waals surface area (Å²) < 4.78 is 1.40. The van der Waals surface area contributed by atoms with Gasteiger partial charge in [0.15, 0.2) is 0 Å². The van der Waals surface area contributed by atoms with Crippen LogP contribution in [-0.2, 0) is 0 Å². The topological polar surface area (TPSA) is 63.6 Å². The largest absolute Gasteiger partial charge is 0.347 e. The Balaban J connectivity index is 2.54. The van der Waals surface area contributed by atoms with Crippen molar-refractivity contribution in [2.75, 3.05) is 0 Å².